The highest BCUT2D eigenvalue weighted by atomic mass is 32.2. The summed E-state index contributed by atoms with van der Waals surface area (Å²) in [6.45, 7) is 20.0. The first-order chi connectivity index (χ1) is 12.0. The molecule has 1 atom stereocenters. The number of thioether (sulfide) groups is 2. The summed E-state index contributed by atoms with van der Waals surface area (Å²) in [4.78, 5) is 4.69. The van der Waals surface area contributed by atoms with E-state index in [1.807, 2.05) is 23.5 Å². The SMILES string of the molecule is CCC(CCCSC(=S)N(C(C)C)C(C)C)SC(=S)N(C(C)C)C(C)C. The molecule has 0 aromatic heterocycles. The number of thiocarbonyl (C=S) groups is 2. The van der Waals surface area contributed by atoms with Gasteiger partial charge in [-0.2, -0.15) is 0 Å². The van der Waals surface area contributed by atoms with Gasteiger partial charge in [0.2, 0.25) is 0 Å². The molecule has 0 heterocycles. The first-order valence-corrected chi connectivity index (χ1v) is 12.6. The maximum Gasteiger partial charge on any atom is 0.137 e. The summed E-state index contributed by atoms with van der Waals surface area (Å²) in [5, 5.41) is 0.600. The van der Waals surface area contributed by atoms with Crippen molar-refractivity contribution < 1.29 is 0 Å². The van der Waals surface area contributed by atoms with E-state index in [9.17, 15) is 0 Å². The summed E-state index contributed by atoms with van der Waals surface area (Å²) < 4.78 is 2.09. The highest BCUT2D eigenvalue weighted by Gasteiger charge is 2.21. The molecule has 6 heteroatoms. The largest absolute Gasteiger partial charge is 0.353 e. The molecule has 0 N–H and O–H groups in total. The smallest absolute Gasteiger partial charge is 0.137 e. The van der Waals surface area contributed by atoms with E-state index in [1.165, 1.54) is 12.8 Å². The lowest BCUT2D eigenvalue weighted by Crippen LogP contribution is -2.40. The highest BCUT2D eigenvalue weighted by molar-refractivity contribution is 8.23. The van der Waals surface area contributed by atoms with Crippen LogP contribution in [-0.2, 0) is 0 Å². The Morgan fingerprint density at radius 3 is 1.58 bits per heavy atom. The fourth-order valence-corrected chi connectivity index (χ4v) is 6.97. The minimum atomic E-state index is 0.457. The maximum atomic E-state index is 5.74. The van der Waals surface area contributed by atoms with Crippen LogP contribution in [0.4, 0.5) is 0 Å². The monoisotopic (exact) mass is 436 g/mol. The van der Waals surface area contributed by atoms with Crippen LogP contribution in [0.2, 0.25) is 0 Å². The second-order valence-corrected chi connectivity index (χ2v) is 11.5. The molecule has 0 fully saturated rings. The molecule has 0 amide bonds. The van der Waals surface area contributed by atoms with Gasteiger partial charge in [0.25, 0.3) is 0 Å². The van der Waals surface area contributed by atoms with Crippen LogP contribution in [-0.4, -0.2) is 53.6 Å². The third-order valence-electron chi connectivity index (χ3n) is 4.27. The van der Waals surface area contributed by atoms with E-state index in [-0.39, 0.29) is 0 Å². The zero-order valence-corrected chi connectivity index (χ0v) is 21.5. The quantitative estimate of drug-likeness (QED) is 0.272. The van der Waals surface area contributed by atoms with Crippen molar-refractivity contribution in [1.82, 2.24) is 9.80 Å². The van der Waals surface area contributed by atoms with Crippen molar-refractivity contribution in [2.45, 2.75) is 111 Å². The Bertz CT molecular complexity index is 406. The lowest BCUT2D eigenvalue weighted by Gasteiger charge is -2.34. The lowest BCUT2D eigenvalue weighted by molar-refractivity contribution is 0.302. The van der Waals surface area contributed by atoms with Gasteiger partial charge in [0.15, 0.2) is 0 Å². The van der Waals surface area contributed by atoms with E-state index in [0.29, 0.717) is 29.4 Å². The molecule has 0 aliphatic heterocycles. The molecule has 0 aliphatic rings. The normalized spacial score (nSPS) is 13.0. The van der Waals surface area contributed by atoms with Crippen LogP contribution in [0.3, 0.4) is 0 Å². The number of rotatable bonds is 10. The van der Waals surface area contributed by atoms with Gasteiger partial charge < -0.3 is 9.80 Å². The van der Waals surface area contributed by atoms with Crippen molar-refractivity contribution in [1.29, 1.82) is 0 Å². The zero-order valence-electron chi connectivity index (χ0n) is 18.2. The van der Waals surface area contributed by atoms with E-state index in [2.05, 4.69) is 72.1 Å². The molecule has 0 aliphatic carbocycles. The van der Waals surface area contributed by atoms with Gasteiger partial charge in [0.05, 0.1) is 0 Å². The molecular weight excluding hydrogens is 397 g/mol. The molecule has 0 aromatic rings. The second kappa shape index (κ2) is 13.6. The predicted molar refractivity (Wildman–Crippen MR) is 133 cm³/mol. The van der Waals surface area contributed by atoms with Crippen LogP contribution in [0.25, 0.3) is 0 Å². The zero-order chi connectivity index (χ0) is 20.4. The van der Waals surface area contributed by atoms with Crippen molar-refractivity contribution in [3.63, 3.8) is 0 Å². The summed E-state index contributed by atoms with van der Waals surface area (Å²) in [6.07, 6.45) is 3.55. The Kier molecular flexibility index (Phi) is 13.9. The molecule has 26 heavy (non-hydrogen) atoms. The number of nitrogens with zero attached hydrogens (tertiary/aromatic N) is 2. The fraction of sp³-hybridized carbons (Fsp3) is 0.900. The molecule has 154 valence electrons. The van der Waals surface area contributed by atoms with Crippen LogP contribution in [0.5, 0.6) is 0 Å². The first-order valence-electron chi connectivity index (χ1n) is 9.96. The Morgan fingerprint density at radius 1 is 0.769 bits per heavy atom. The molecule has 2 nitrogen and oxygen atoms in total. The van der Waals surface area contributed by atoms with Gasteiger partial charge in [0, 0.05) is 35.2 Å². The van der Waals surface area contributed by atoms with Gasteiger partial charge in [-0.05, 0) is 74.7 Å². The molecule has 0 rings (SSSR count). The molecule has 0 bridgehead atoms. The third-order valence-corrected chi connectivity index (χ3v) is 7.60. The van der Waals surface area contributed by atoms with Crippen molar-refractivity contribution in [3.8, 4) is 0 Å². The van der Waals surface area contributed by atoms with Crippen molar-refractivity contribution >= 4 is 56.6 Å². The van der Waals surface area contributed by atoms with Crippen LogP contribution < -0.4 is 0 Å². The van der Waals surface area contributed by atoms with E-state index < -0.39 is 0 Å². The number of hydrogen-bond donors (Lipinski definition) is 0. The van der Waals surface area contributed by atoms with Gasteiger partial charge >= 0.3 is 0 Å². The second-order valence-electron chi connectivity index (χ2n) is 7.86. The fourth-order valence-electron chi connectivity index (χ4n) is 3.13. The average molecular weight is 437 g/mol. The summed E-state index contributed by atoms with van der Waals surface area (Å²) in [7, 11) is 0. The van der Waals surface area contributed by atoms with Crippen molar-refractivity contribution in [3.05, 3.63) is 0 Å². The molecule has 0 radical (unpaired) electrons. The minimum Gasteiger partial charge on any atom is -0.353 e. The average Bonchev–Trinajstić information content (AvgIpc) is 2.48. The topological polar surface area (TPSA) is 6.48 Å². The van der Waals surface area contributed by atoms with E-state index in [0.717, 1.165) is 20.8 Å². The van der Waals surface area contributed by atoms with Gasteiger partial charge in [-0.25, -0.2) is 0 Å². The van der Waals surface area contributed by atoms with Crippen LogP contribution in [0.1, 0.15) is 81.6 Å². The third kappa shape index (κ3) is 9.61. The van der Waals surface area contributed by atoms with Crippen LogP contribution in [0, 0.1) is 0 Å². The van der Waals surface area contributed by atoms with E-state index in [1.54, 1.807) is 0 Å². The summed E-state index contributed by atoms with van der Waals surface area (Å²) in [5.74, 6) is 1.09. The van der Waals surface area contributed by atoms with Crippen LogP contribution >= 0.6 is 48.0 Å². The lowest BCUT2D eigenvalue weighted by atomic mass is 10.2. The van der Waals surface area contributed by atoms with Gasteiger partial charge in [0.1, 0.15) is 8.64 Å². The Morgan fingerprint density at radius 2 is 1.19 bits per heavy atom. The van der Waals surface area contributed by atoms with Crippen molar-refractivity contribution in [2.24, 2.45) is 0 Å². The molecule has 1 unspecified atom stereocenters. The van der Waals surface area contributed by atoms with Crippen molar-refractivity contribution in [2.75, 3.05) is 5.75 Å². The van der Waals surface area contributed by atoms with E-state index in [4.69, 9.17) is 24.4 Å². The Hall–Kier alpha value is 0.480. The maximum absolute atomic E-state index is 5.74. The summed E-state index contributed by atoms with van der Waals surface area (Å²) in [6, 6.07) is 1.84. The standard InChI is InChI=1S/C20H40N2S4/c1-10-18(26-20(24)22(16(6)7)17(8)9)12-11-13-25-19(23)21(14(2)3)15(4)5/h14-18H,10-13H2,1-9H3. The Balaban J connectivity index is 4.43. The molecular formula is C20H40N2S4. The first kappa shape index (κ1) is 26.5. The van der Waals surface area contributed by atoms with Crippen LogP contribution in [0.15, 0.2) is 0 Å². The molecule has 0 saturated heterocycles. The number of hydrogen-bond acceptors (Lipinski definition) is 4. The Labute approximate surface area is 182 Å². The summed E-state index contributed by atoms with van der Waals surface area (Å²) >= 11 is 15.1. The van der Waals surface area contributed by atoms with Gasteiger partial charge in [-0.1, -0.05) is 54.9 Å². The van der Waals surface area contributed by atoms with Gasteiger partial charge in [-0.3, -0.25) is 0 Å². The summed E-state index contributed by atoms with van der Waals surface area (Å²) in [5.41, 5.74) is 0. The van der Waals surface area contributed by atoms with E-state index >= 15 is 0 Å². The molecule has 0 aromatic carbocycles. The molecule has 0 spiro atoms. The van der Waals surface area contributed by atoms with Gasteiger partial charge in [-0.15, -0.1) is 0 Å². The highest BCUT2D eigenvalue weighted by Crippen LogP contribution is 2.27. The predicted octanol–water partition coefficient (Wildman–Crippen LogP) is 6.82. The minimum absolute atomic E-state index is 0.457. The molecule has 0 saturated carbocycles.